The average Bonchev–Trinajstić information content (AvgIpc) is 2.39. The fraction of sp³-hybridized carbons (Fsp3) is 0. The molecule has 0 unspecified atom stereocenters. The molecule has 0 atom stereocenters. The molecule has 6 heteroatoms. The van der Waals surface area contributed by atoms with E-state index in [1.54, 1.807) is 30.3 Å². The molecular formula is C13H12N2O4. The summed E-state index contributed by atoms with van der Waals surface area (Å²) in [7, 11) is 0. The van der Waals surface area contributed by atoms with Crippen LogP contribution in [0.3, 0.4) is 0 Å². The topological polar surface area (TPSA) is 93.0 Å². The van der Waals surface area contributed by atoms with E-state index < -0.39 is 5.97 Å². The molecular weight excluding hydrogens is 248 g/mol. The van der Waals surface area contributed by atoms with Crippen LogP contribution in [-0.4, -0.2) is 21.5 Å². The number of carboxylic acids is 1. The molecule has 0 saturated heterocycles. The molecule has 0 heterocycles. The summed E-state index contributed by atoms with van der Waals surface area (Å²) in [4.78, 5) is 10.7. The first kappa shape index (κ1) is 12.9. The van der Waals surface area contributed by atoms with Crippen molar-refractivity contribution >= 4 is 23.0 Å². The number of hydrogen-bond acceptors (Lipinski definition) is 5. The average molecular weight is 260 g/mol. The zero-order valence-electron chi connectivity index (χ0n) is 9.82. The van der Waals surface area contributed by atoms with Crippen molar-refractivity contribution in [1.82, 2.24) is 0 Å². The number of benzene rings is 2. The molecule has 0 fully saturated rings. The number of nitrogens with zero attached hydrogens (tertiary/aromatic N) is 1. The van der Waals surface area contributed by atoms with E-state index in [1.165, 1.54) is 18.2 Å². The summed E-state index contributed by atoms with van der Waals surface area (Å²) in [6, 6.07) is 12.7. The molecule has 2 aromatic rings. The van der Waals surface area contributed by atoms with Crippen LogP contribution in [0.25, 0.3) is 0 Å². The molecule has 0 amide bonds. The van der Waals surface area contributed by atoms with E-state index in [9.17, 15) is 4.79 Å². The van der Waals surface area contributed by atoms with Gasteiger partial charge in [-0.3, -0.25) is 10.4 Å². The number of para-hydroxylation sites is 2. The molecule has 0 aliphatic carbocycles. The molecule has 2 rings (SSSR count). The van der Waals surface area contributed by atoms with E-state index in [4.69, 9.17) is 15.5 Å². The first-order chi connectivity index (χ1) is 9.08. The second-order valence-corrected chi connectivity index (χ2v) is 3.81. The highest BCUT2D eigenvalue weighted by Crippen LogP contribution is 2.26. The SMILES string of the molecule is O=C(O)c1ccc(Nc2ccccc2N(O)O)cc1. The number of rotatable bonds is 4. The van der Waals surface area contributed by atoms with Gasteiger partial charge in [-0.1, -0.05) is 12.1 Å². The summed E-state index contributed by atoms with van der Waals surface area (Å²) in [6.07, 6.45) is 0. The van der Waals surface area contributed by atoms with E-state index in [0.717, 1.165) is 0 Å². The van der Waals surface area contributed by atoms with Gasteiger partial charge in [0.2, 0.25) is 0 Å². The molecule has 6 nitrogen and oxygen atoms in total. The van der Waals surface area contributed by atoms with Gasteiger partial charge in [0.25, 0.3) is 0 Å². The molecule has 0 aromatic heterocycles. The van der Waals surface area contributed by atoms with Crippen molar-refractivity contribution in [3.63, 3.8) is 0 Å². The maximum absolute atomic E-state index is 10.7. The van der Waals surface area contributed by atoms with Gasteiger partial charge in [-0.2, -0.15) is 0 Å². The minimum Gasteiger partial charge on any atom is -0.478 e. The summed E-state index contributed by atoms with van der Waals surface area (Å²) >= 11 is 0. The number of nitrogens with one attached hydrogen (secondary N) is 1. The summed E-state index contributed by atoms with van der Waals surface area (Å²) in [5, 5.41) is 29.9. The Balaban J connectivity index is 2.24. The van der Waals surface area contributed by atoms with E-state index in [-0.39, 0.29) is 16.5 Å². The van der Waals surface area contributed by atoms with E-state index in [2.05, 4.69) is 5.32 Å². The first-order valence-electron chi connectivity index (χ1n) is 5.45. The van der Waals surface area contributed by atoms with Crippen LogP contribution in [0.15, 0.2) is 48.5 Å². The molecule has 0 aliphatic rings. The standard InChI is InChI=1S/C13H12N2O4/c16-13(17)9-5-7-10(8-6-9)14-11-3-1-2-4-12(11)15(18)19/h1-8,14,18-19H,(H,16,17). The minimum atomic E-state index is -0.996. The van der Waals surface area contributed by atoms with Crippen molar-refractivity contribution in [3.8, 4) is 0 Å². The van der Waals surface area contributed by atoms with Gasteiger partial charge in [0, 0.05) is 5.69 Å². The number of anilines is 3. The van der Waals surface area contributed by atoms with Gasteiger partial charge < -0.3 is 10.4 Å². The molecule has 0 spiro atoms. The summed E-state index contributed by atoms with van der Waals surface area (Å²) in [6.45, 7) is 0. The van der Waals surface area contributed by atoms with Crippen molar-refractivity contribution in [3.05, 3.63) is 54.1 Å². The Morgan fingerprint density at radius 2 is 1.63 bits per heavy atom. The Morgan fingerprint density at radius 1 is 1.00 bits per heavy atom. The maximum atomic E-state index is 10.7. The second-order valence-electron chi connectivity index (χ2n) is 3.81. The van der Waals surface area contributed by atoms with Crippen LogP contribution in [0.5, 0.6) is 0 Å². The Kier molecular flexibility index (Phi) is 3.65. The van der Waals surface area contributed by atoms with E-state index in [0.29, 0.717) is 11.4 Å². The lowest BCUT2D eigenvalue weighted by Crippen LogP contribution is -2.12. The first-order valence-corrected chi connectivity index (χ1v) is 5.45. The van der Waals surface area contributed by atoms with Gasteiger partial charge >= 0.3 is 5.97 Å². The van der Waals surface area contributed by atoms with Gasteiger partial charge in [-0.25, -0.2) is 4.79 Å². The third kappa shape index (κ3) is 3.01. The fourth-order valence-electron chi connectivity index (χ4n) is 1.61. The van der Waals surface area contributed by atoms with Crippen LogP contribution in [0.4, 0.5) is 17.1 Å². The lowest BCUT2D eigenvalue weighted by Gasteiger charge is -2.14. The molecule has 0 bridgehead atoms. The minimum absolute atomic E-state index is 0.0218. The third-order valence-electron chi connectivity index (χ3n) is 2.53. The number of aromatic carboxylic acids is 1. The predicted molar refractivity (Wildman–Crippen MR) is 69.2 cm³/mol. The van der Waals surface area contributed by atoms with Crippen molar-refractivity contribution < 1.29 is 20.3 Å². The van der Waals surface area contributed by atoms with Crippen molar-refractivity contribution in [2.75, 3.05) is 10.5 Å². The molecule has 98 valence electrons. The Hall–Kier alpha value is -2.57. The van der Waals surface area contributed by atoms with Crippen LogP contribution >= 0.6 is 0 Å². The third-order valence-corrected chi connectivity index (χ3v) is 2.53. The van der Waals surface area contributed by atoms with Gasteiger partial charge in [-0.05, 0) is 36.4 Å². The van der Waals surface area contributed by atoms with Crippen LogP contribution in [0.1, 0.15) is 10.4 Å². The van der Waals surface area contributed by atoms with Crippen LogP contribution < -0.4 is 10.5 Å². The number of carboxylic acid groups (broad SMARTS) is 1. The molecule has 0 aliphatic heterocycles. The quantitative estimate of drug-likeness (QED) is 0.631. The lowest BCUT2D eigenvalue weighted by molar-refractivity contribution is 0.0295. The highest BCUT2D eigenvalue weighted by molar-refractivity contribution is 5.88. The van der Waals surface area contributed by atoms with Crippen molar-refractivity contribution in [2.45, 2.75) is 0 Å². The van der Waals surface area contributed by atoms with Crippen molar-refractivity contribution in [2.24, 2.45) is 0 Å². The van der Waals surface area contributed by atoms with Crippen LogP contribution in [0.2, 0.25) is 0 Å². The van der Waals surface area contributed by atoms with E-state index >= 15 is 0 Å². The van der Waals surface area contributed by atoms with Gasteiger partial charge in [0.05, 0.1) is 11.3 Å². The zero-order valence-corrected chi connectivity index (χ0v) is 9.82. The molecule has 4 N–H and O–H groups in total. The summed E-state index contributed by atoms with van der Waals surface area (Å²) in [5.74, 6) is -0.996. The predicted octanol–water partition coefficient (Wildman–Crippen LogP) is 2.71. The number of carbonyl (C=O) groups is 1. The molecule has 2 aromatic carbocycles. The second kappa shape index (κ2) is 5.38. The lowest BCUT2D eigenvalue weighted by atomic mass is 10.2. The highest BCUT2D eigenvalue weighted by Gasteiger charge is 2.07. The van der Waals surface area contributed by atoms with Crippen LogP contribution in [0, 0.1) is 0 Å². The summed E-state index contributed by atoms with van der Waals surface area (Å²) < 4.78 is 0. The molecule has 0 saturated carbocycles. The van der Waals surface area contributed by atoms with Crippen LogP contribution in [-0.2, 0) is 0 Å². The molecule has 19 heavy (non-hydrogen) atoms. The Labute approximate surface area is 109 Å². The fourth-order valence-corrected chi connectivity index (χ4v) is 1.61. The smallest absolute Gasteiger partial charge is 0.335 e. The maximum Gasteiger partial charge on any atom is 0.335 e. The van der Waals surface area contributed by atoms with Gasteiger partial charge in [0.1, 0.15) is 5.69 Å². The van der Waals surface area contributed by atoms with Gasteiger partial charge in [-0.15, -0.1) is 5.23 Å². The number of hydrogen-bond donors (Lipinski definition) is 4. The van der Waals surface area contributed by atoms with E-state index in [1.807, 2.05) is 0 Å². The monoisotopic (exact) mass is 260 g/mol. The summed E-state index contributed by atoms with van der Waals surface area (Å²) in [5.41, 5.74) is 1.49. The Bertz CT molecular complexity index is 581. The largest absolute Gasteiger partial charge is 0.478 e. The van der Waals surface area contributed by atoms with Crippen molar-refractivity contribution in [1.29, 1.82) is 0 Å². The molecule has 0 radical (unpaired) electrons. The Morgan fingerprint density at radius 3 is 2.21 bits per heavy atom. The zero-order chi connectivity index (χ0) is 13.8. The van der Waals surface area contributed by atoms with Gasteiger partial charge in [0.15, 0.2) is 0 Å². The highest BCUT2D eigenvalue weighted by atomic mass is 16.8. The normalized spacial score (nSPS) is 10.0.